The number of anilines is 1. The lowest BCUT2D eigenvalue weighted by atomic mass is 9.68. The Morgan fingerprint density at radius 1 is 1.05 bits per heavy atom. The minimum atomic E-state index is -4.66. The van der Waals surface area contributed by atoms with Gasteiger partial charge in [0.15, 0.2) is 0 Å². The fourth-order valence-electron chi connectivity index (χ4n) is 2.88. The molecule has 3 nitrogen and oxygen atoms in total. The van der Waals surface area contributed by atoms with E-state index in [2.05, 4.69) is 9.72 Å². The van der Waals surface area contributed by atoms with E-state index in [9.17, 15) is 13.2 Å². The van der Waals surface area contributed by atoms with E-state index in [-0.39, 0.29) is 17.6 Å². The predicted molar refractivity (Wildman–Crippen MR) is 76.5 cm³/mol. The summed E-state index contributed by atoms with van der Waals surface area (Å²) < 4.78 is 40.4. The standard InChI is InChI=1S/C16H15F3N2O/c17-16(18,19)22-11-5-3-10(4-6-11)12-7-8-13(12)15-14(20)2-1-9-21-15/h1-6,9,12-13H,7-8,20H2. The third-order valence-corrected chi connectivity index (χ3v) is 4.04. The van der Waals surface area contributed by atoms with E-state index in [1.165, 1.54) is 12.1 Å². The Kier molecular flexibility index (Phi) is 3.68. The normalized spacial score (nSPS) is 21.2. The van der Waals surface area contributed by atoms with Crippen molar-refractivity contribution in [1.82, 2.24) is 4.98 Å². The fourth-order valence-corrected chi connectivity index (χ4v) is 2.88. The average Bonchev–Trinajstić information content (AvgIpc) is 2.41. The number of hydrogen-bond acceptors (Lipinski definition) is 3. The number of nitrogens with zero attached hydrogens (tertiary/aromatic N) is 1. The van der Waals surface area contributed by atoms with Crippen LogP contribution >= 0.6 is 0 Å². The summed E-state index contributed by atoms with van der Waals surface area (Å²) in [6, 6.07) is 9.65. The van der Waals surface area contributed by atoms with Gasteiger partial charge in [-0.15, -0.1) is 13.2 Å². The van der Waals surface area contributed by atoms with E-state index in [0.29, 0.717) is 5.69 Å². The molecule has 22 heavy (non-hydrogen) atoms. The molecular formula is C16H15F3N2O. The van der Waals surface area contributed by atoms with E-state index in [1.54, 1.807) is 24.4 Å². The van der Waals surface area contributed by atoms with Crippen molar-refractivity contribution in [1.29, 1.82) is 0 Å². The zero-order valence-corrected chi connectivity index (χ0v) is 11.7. The number of rotatable bonds is 3. The van der Waals surface area contributed by atoms with Crippen LogP contribution < -0.4 is 10.5 Å². The summed E-state index contributed by atoms with van der Waals surface area (Å²) in [5.41, 5.74) is 8.47. The van der Waals surface area contributed by atoms with Crippen LogP contribution in [0, 0.1) is 0 Å². The highest BCUT2D eigenvalue weighted by molar-refractivity contribution is 5.47. The summed E-state index contributed by atoms with van der Waals surface area (Å²) in [4.78, 5) is 4.34. The van der Waals surface area contributed by atoms with Crippen LogP contribution in [0.2, 0.25) is 0 Å². The molecule has 0 amide bonds. The first-order chi connectivity index (χ1) is 10.4. The van der Waals surface area contributed by atoms with Gasteiger partial charge in [-0.25, -0.2) is 0 Å². The fraction of sp³-hybridized carbons (Fsp3) is 0.312. The second kappa shape index (κ2) is 5.51. The van der Waals surface area contributed by atoms with Gasteiger partial charge in [0.1, 0.15) is 5.75 Å². The Labute approximate surface area is 125 Å². The quantitative estimate of drug-likeness (QED) is 0.923. The molecule has 3 rings (SSSR count). The molecule has 1 aliphatic carbocycles. The van der Waals surface area contributed by atoms with Crippen LogP contribution in [0.15, 0.2) is 42.6 Å². The summed E-state index contributed by atoms with van der Waals surface area (Å²) >= 11 is 0. The SMILES string of the molecule is Nc1cccnc1C1CCC1c1ccc(OC(F)(F)F)cc1. The third-order valence-electron chi connectivity index (χ3n) is 4.04. The number of alkyl halides is 3. The molecule has 1 fully saturated rings. The van der Waals surface area contributed by atoms with Crippen molar-refractivity contribution < 1.29 is 17.9 Å². The largest absolute Gasteiger partial charge is 0.573 e. The predicted octanol–water partition coefficient (Wildman–Crippen LogP) is 4.22. The monoisotopic (exact) mass is 308 g/mol. The highest BCUT2D eigenvalue weighted by atomic mass is 19.4. The van der Waals surface area contributed by atoms with E-state index in [4.69, 9.17) is 5.73 Å². The molecule has 1 saturated carbocycles. The van der Waals surface area contributed by atoms with Crippen molar-refractivity contribution in [3.63, 3.8) is 0 Å². The lowest BCUT2D eigenvalue weighted by Crippen LogP contribution is -2.24. The zero-order chi connectivity index (χ0) is 15.7. The molecule has 0 aliphatic heterocycles. The number of hydrogen-bond donors (Lipinski definition) is 1. The van der Waals surface area contributed by atoms with Crippen LogP contribution in [-0.2, 0) is 0 Å². The maximum atomic E-state index is 12.2. The van der Waals surface area contributed by atoms with Crippen molar-refractivity contribution in [2.24, 2.45) is 0 Å². The van der Waals surface area contributed by atoms with Crippen LogP contribution in [0.4, 0.5) is 18.9 Å². The van der Waals surface area contributed by atoms with Crippen LogP contribution in [0.5, 0.6) is 5.75 Å². The van der Waals surface area contributed by atoms with E-state index in [1.807, 2.05) is 6.07 Å². The van der Waals surface area contributed by atoms with Gasteiger partial charge in [0.2, 0.25) is 0 Å². The number of nitrogens with two attached hydrogens (primary N) is 1. The van der Waals surface area contributed by atoms with Crippen molar-refractivity contribution in [2.45, 2.75) is 31.0 Å². The van der Waals surface area contributed by atoms with E-state index < -0.39 is 6.36 Å². The van der Waals surface area contributed by atoms with Crippen LogP contribution in [0.1, 0.15) is 35.9 Å². The Bertz CT molecular complexity index is 655. The molecule has 0 saturated heterocycles. The summed E-state index contributed by atoms with van der Waals surface area (Å²) in [6.45, 7) is 0. The number of nitrogen functional groups attached to an aromatic ring is 1. The molecule has 2 N–H and O–H groups in total. The smallest absolute Gasteiger partial charge is 0.406 e. The van der Waals surface area contributed by atoms with Gasteiger partial charge in [-0.3, -0.25) is 4.98 Å². The number of ether oxygens (including phenoxy) is 1. The van der Waals surface area contributed by atoms with Gasteiger partial charge >= 0.3 is 6.36 Å². The van der Waals surface area contributed by atoms with Crippen LogP contribution in [0.25, 0.3) is 0 Å². The molecule has 6 heteroatoms. The average molecular weight is 308 g/mol. The Morgan fingerprint density at radius 3 is 2.27 bits per heavy atom. The van der Waals surface area contributed by atoms with Crippen LogP contribution in [0.3, 0.4) is 0 Å². The first-order valence-corrected chi connectivity index (χ1v) is 7.00. The van der Waals surface area contributed by atoms with Crippen molar-refractivity contribution in [3.8, 4) is 5.75 Å². The molecule has 2 aromatic rings. The van der Waals surface area contributed by atoms with Crippen molar-refractivity contribution in [2.75, 3.05) is 5.73 Å². The molecule has 2 unspecified atom stereocenters. The molecule has 116 valence electrons. The first-order valence-electron chi connectivity index (χ1n) is 7.00. The Balaban J connectivity index is 1.76. The van der Waals surface area contributed by atoms with Gasteiger partial charge in [0.25, 0.3) is 0 Å². The lowest BCUT2D eigenvalue weighted by molar-refractivity contribution is -0.274. The highest BCUT2D eigenvalue weighted by Gasteiger charge is 2.36. The highest BCUT2D eigenvalue weighted by Crippen LogP contribution is 2.49. The summed E-state index contributed by atoms with van der Waals surface area (Å²) in [7, 11) is 0. The summed E-state index contributed by atoms with van der Waals surface area (Å²) in [6.07, 6.45) is -1.00. The molecule has 1 heterocycles. The molecular weight excluding hydrogens is 293 g/mol. The van der Waals surface area contributed by atoms with Gasteiger partial charge in [-0.05, 0) is 48.6 Å². The Morgan fingerprint density at radius 2 is 1.73 bits per heavy atom. The van der Waals surface area contributed by atoms with Gasteiger partial charge in [0.05, 0.1) is 11.4 Å². The van der Waals surface area contributed by atoms with Gasteiger partial charge in [0, 0.05) is 12.1 Å². The maximum Gasteiger partial charge on any atom is 0.573 e. The minimum Gasteiger partial charge on any atom is -0.406 e. The maximum absolute atomic E-state index is 12.2. The molecule has 0 bridgehead atoms. The van der Waals surface area contributed by atoms with Crippen molar-refractivity contribution in [3.05, 3.63) is 53.9 Å². The van der Waals surface area contributed by atoms with E-state index in [0.717, 1.165) is 24.1 Å². The van der Waals surface area contributed by atoms with Gasteiger partial charge in [-0.1, -0.05) is 12.1 Å². The lowest BCUT2D eigenvalue weighted by Gasteiger charge is -2.37. The number of pyridine rings is 1. The number of halogens is 3. The first kappa shape index (κ1) is 14.7. The molecule has 0 radical (unpaired) electrons. The summed E-state index contributed by atoms with van der Waals surface area (Å²) in [5.74, 6) is 0.247. The molecule has 1 aliphatic rings. The third kappa shape index (κ3) is 3.00. The topological polar surface area (TPSA) is 48.1 Å². The number of benzene rings is 1. The molecule has 1 aromatic carbocycles. The molecule has 0 spiro atoms. The van der Waals surface area contributed by atoms with Gasteiger partial charge in [-0.2, -0.15) is 0 Å². The zero-order valence-electron chi connectivity index (χ0n) is 11.7. The second-order valence-electron chi connectivity index (χ2n) is 5.39. The van der Waals surface area contributed by atoms with Crippen molar-refractivity contribution >= 4 is 5.69 Å². The number of aromatic nitrogens is 1. The second-order valence-corrected chi connectivity index (χ2v) is 5.39. The Hall–Kier alpha value is -2.24. The molecule has 1 aromatic heterocycles. The van der Waals surface area contributed by atoms with E-state index >= 15 is 0 Å². The van der Waals surface area contributed by atoms with Gasteiger partial charge < -0.3 is 10.5 Å². The molecule has 2 atom stereocenters. The summed E-state index contributed by atoms with van der Waals surface area (Å²) in [5, 5.41) is 0. The minimum absolute atomic E-state index is 0.204. The van der Waals surface area contributed by atoms with Crippen LogP contribution in [-0.4, -0.2) is 11.3 Å².